The largest absolute Gasteiger partial charge is 0.344 e. The van der Waals surface area contributed by atoms with Gasteiger partial charge in [0.25, 0.3) is 11.6 Å². The first-order valence-corrected chi connectivity index (χ1v) is 8.48. The number of nitro groups is 1. The van der Waals surface area contributed by atoms with E-state index in [2.05, 4.69) is 15.6 Å². The van der Waals surface area contributed by atoms with Crippen molar-refractivity contribution < 1.29 is 9.72 Å². The van der Waals surface area contributed by atoms with Crippen LogP contribution in [0.3, 0.4) is 0 Å². The lowest BCUT2D eigenvalue weighted by Gasteiger charge is -2.13. The third-order valence-electron chi connectivity index (χ3n) is 4.11. The molecule has 2 aromatic carbocycles. The molecular weight excluding hydrogens is 370 g/mol. The van der Waals surface area contributed by atoms with E-state index < -0.39 is 4.92 Å². The maximum Gasteiger partial charge on any atom is 0.274 e. The average Bonchev–Trinajstić information content (AvgIpc) is 3.03. The van der Waals surface area contributed by atoms with Crippen LogP contribution in [0.1, 0.15) is 34.7 Å². The molecule has 0 aliphatic carbocycles. The Labute approximate surface area is 159 Å². The summed E-state index contributed by atoms with van der Waals surface area (Å²) >= 11 is 5.88. The van der Waals surface area contributed by atoms with Gasteiger partial charge in [-0.1, -0.05) is 35.0 Å². The molecule has 0 saturated carbocycles. The number of hydrogen-bond donors (Lipinski definition) is 1. The molecule has 1 N–H and O–H groups in total. The van der Waals surface area contributed by atoms with Gasteiger partial charge in [-0.25, -0.2) is 4.68 Å². The molecule has 0 aliphatic heterocycles. The second-order valence-corrected chi connectivity index (χ2v) is 6.40. The van der Waals surface area contributed by atoms with Gasteiger partial charge in [-0.3, -0.25) is 14.9 Å². The number of carbonyl (C=O) groups excluding carboxylic acids is 1. The molecule has 8 nitrogen and oxygen atoms in total. The SMILES string of the molecule is Cc1c(C(=O)NC(C)c2ccc(Cl)cc2)nnn1-c1cccc([N+](=O)[O-])c1. The Bertz CT molecular complexity index is 1000. The van der Waals surface area contributed by atoms with E-state index in [1.165, 1.54) is 16.8 Å². The zero-order valence-electron chi connectivity index (χ0n) is 14.6. The van der Waals surface area contributed by atoms with Crippen molar-refractivity contribution in [2.45, 2.75) is 19.9 Å². The van der Waals surface area contributed by atoms with Crippen molar-refractivity contribution in [2.24, 2.45) is 0 Å². The number of amides is 1. The fraction of sp³-hybridized carbons (Fsp3) is 0.167. The van der Waals surface area contributed by atoms with Crippen molar-refractivity contribution in [1.82, 2.24) is 20.3 Å². The van der Waals surface area contributed by atoms with Gasteiger partial charge in [0.1, 0.15) is 0 Å². The van der Waals surface area contributed by atoms with Gasteiger partial charge in [0.15, 0.2) is 5.69 Å². The van der Waals surface area contributed by atoms with E-state index in [4.69, 9.17) is 11.6 Å². The monoisotopic (exact) mass is 385 g/mol. The van der Waals surface area contributed by atoms with Crippen LogP contribution in [0.25, 0.3) is 5.69 Å². The summed E-state index contributed by atoms with van der Waals surface area (Å²) in [5, 5.41) is 22.3. The molecule has 27 heavy (non-hydrogen) atoms. The molecule has 1 amide bonds. The van der Waals surface area contributed by atoms with Gasteiger partial charge < -0.3 is 5.32 Å². The summed E-state index contributed by atoms with van der Waals surface area (Å²) in [7, 11) is 0. The van der Waals surface area contributed by atoms with Crippen LogP contribution in [0.2, 0.25) is 5.02 Å². The van der Waals surface area contributed by atoms with Crippen molar-refractivity contribution >= 4 is 23.2 Å². The number of non-ortho nitro benzene ring substituents is 1. The van der Waals surface area contributed by atoms with E-state index in [-0.39, 0.29) is 23.3 Å². The second kappa shape index (κ2) is 7.55. The molecule has 138 valence electrons. The Kier molecular flexibility index (Phi) is 5.18. The summed E-state index contributed by atoms with van der Waals surface area (Å²) in [4.78, 5) is 23.0. The molecule has 1 aromatic heterocycles. The maximum atomic E-state index is 12.6. The summed E-state index contributed by atoms with van der Waals surface area (Å²) < 4.78 is 1.40. The first-order chi connectivity index (χ1) is 12.9. The number of benzene rings is 2. The number of hydrogen-bond acceptors (Lipinski definition) is 5. The molecule has 1 heterocycles. The van der Waals surface area contributed by atoms with E-state index in [1.807, 2.05) is 19.1 Å². The number of nitrogens with zero attached hydrogens (tertiary/aromatic N) is 4. The molecule has 1 unspecified atom stereocenters. The first kappa shape index (κ1) is 18.5. The Hall–Kier alpha value is -3.26. The average molecular weight is 386 g/mol. The molecule has 3 aromatic rings. The standard InChI is InChI=1S/C18H16ClN5O3/c1-11(13-6-8-14(19)9-7-13)20-18(25)17-12(2)23(22-21-17)15-4-3-5-16(10-15)24(26)27/h3-11H,1-2H3,(H,20,25). The Morgan fingerprint density at radius 1 is 1.26 bits per heavy atom. The van der Waals surface area contributed by atoms with Gasteiger partial charge in [-0.05, 0) is 37.6 Å². The normalized spacial score (nSPS) is 11.8. The minimum absolute atomic E-state index is 0.0650. The van der Waals surface area contributed by atoms with Crippen molar-refractivity contribution in [2.75, 3.05) is 0 Å². The van der Waals surface area contributed by atoms with E-state index in [0.717, 1.165) is 5.56 Å². The molecular formula is C18H16ClN5O3. The highest BCUT2D eigenvalue weighted by Gasteiger charge is 2.20. The summed E-state index contributed by atoms with van der Waals surface area (Å²) in [5.74, 6) is -0.383. The van der Waals surface area contributed by atoms with E-state index >= 15 is 0 Å². The molecule has 0 saturated heterocycles. The van der Waals surface area contributed by atoms with Crippen LogP contribution in [-0.2, 0) is 0 Å². The van der Waals surface area contributed by atoms with Gasteiger partial charge in [0.2, 0.25) is 0 Å². The lowest BCUT2D eigenvalue weighted by Crippen LogP contribution is -2.27. The number of nitro benzene ring substituents is 1. The summed E-state index contributed by atoms with van der Waals surface area (Å²) in [5.41, 5.74) is 1.93. The third-order valence-corrected chi connectivity index (χ3v) is 4.36. The minimum Gasteiger partial charge on any atom is -0.344 e. The summed E-state index contributed by atoms with van der Waals surface area (Å²) in [6, 6.07) is 12.9. The van der Waals surface area contributed by atoms with Crippen LogP contribution < -0.4 is 5.32 Å². The first-order valence-electron chi connectivity index (χ1n) is 8.10. The smallest absolute Gasteiger partial charge is 0.274 e. The molecule has 0 aliphatic rings. The minimum atomic E-state index is -0.489. The predicted octanol–water partition coefficient (Wildman–Crippen LogP) is 3.63. The molecule has 0 fully saturated rings. The zero-order valence-corrected chi connectivity index (χ0v) is 15.3. The lowest BCUT2D eigenvalue weighted by molar-refractivity contribution is -0.384. The molecule has 3 rings (SSSR count). The Morgan fingerprint density at radius 2 is 1.96 bits per heavy atom. The van der Waals surface area contributed by atoms with Gasteiger partial charge in [-0.2, -0.15) is 0 Å². The van der Waals surface area contributed by atoms with Gasteiger partial charge in [0.05, 0.1) is 22.3 Å². The van der Waals surface area contributed by atoms with Crippen LogP contribution in [0.4, 0.5) is 5.69 Å². The van der Waals surface area contributed by atoms with Crippen molar-refractivity contribution in [3.8, 4) is 5.69 Å². The molecule has 0 bridgehead atoms. The number of aromatic nitrogens is 3. The van der Waals surface area contributed by atoms with Crippen LogP contribution in [-0.4, -0.2) is 25.8 Å². The van der Waals surface area contributed by atoms with Crippen LogP contribution >= 0.6 is 11.6 Å². The molecule has 0 radical (unpaired) electrons. The summed E-state index contributed by atoms with van der Waals surface area (Å²) in [6.07, 6.45) is 0. The highest BCUT2D eigenvalue weighted by Crippen LogP contribution is 2.20. The topological polar surface area (TPSA) is 103 Å². The lowest BCUT2D eigenvalue weighted by atomic mass is 10.1. The molecule has 0 spiro atoms. The quantitative estimate of drug-likeness (QED) is 0.533. The Balaban J connectivity index is 1.82. The van der Waals surface area contributed by atoms with Crippen molar-refractivity contribution in [3.63, 3.8) is 0 Å². The highest BCUT2D eigenvalue weighted by atomic mass is 35.5. The van der Waals surface area contributed by atoms with E-state index in [1.54, 1.807) is 31.2 Å². The molecule has 1 atom stereocenters. The second-order valence-electron chi connectivity index (χ2n) is 5.96. The predicted molar refractivity (Wildman–Crippen MR) is 100 cm³/mol. The zero-order chi connectivity index (χ0) is 19.6. The van der Waals surface area contributed by atoms with E-state index in [9.17, 15) is 14.9 Å². The fourth-order valence-electron chi connectivity index (χ4n) is 2.62. The third kappa shape index (κ3) is 3.95. The Morgan fingerprint density at radius 3 is 2.63 bits per heavy atom. The highest BCUT2D eigenvalue weighted by molar-refractivity contribution is 6.30. The van der Waals surface area contributed by atoms with Crippen LogP contribution in [0.15, 0.2) is 48.5 Å². The number of halogens is 1. The molecule has 9 heteroatoms. The van der Waals surface area contributed by atoms with E-state index in [0.29, 0.717) is 16.4 Å². The summed E-state index contributed by atoms with van der Waals surface area (Å²) in [6.45, 7) is 3.53. The van der Waals surface area contributed by atoms with Crippen LogP contribution in [0.5, 0.6) is 0 Å². The van der Waals surface area contributed by atoms with Crippen molar-refractivity contribution in [1.29, 1.82) is 0 Å². The van der Waals surface area contributed by atoms with Crippen molar-refractivity contribution in [3.05, 3.63) is 80.6 Å². The number of nitrogens with one attached hydrogen (secondary N) is 1. The van der Waals surface area contributed by atoms with Gasteiger partial charge in [0, 0.05) is 17.2 Å². The van der Waals surface area contributed by atoms with Crippen LogP contribution in [0, 0.1) is 17.0 Å². The number of carbonyl (C=O) groups is 1. The number of rotatable bonds is 5. The van der Waals surface area contributed by atoms with Gasteiger partial charge >= 0.3 is 0 Å². The maximum absolute atomic E-state index is 12.6. The fourth-order valence-corrected chi connectivity index (χ4v) is 2.75. The van der Waals surface area contributed by atoms with Gasteiger partial charge in [-0.15, -0.1) is 5.10 Å².